The van der Waals surface area contributed by atoms with E-state index in [1.807, 2.05) is 0 Å². The zero-order valence-corrected chi connectivity index (χ0v) is 11.2. The molecule has 1 atom stereocenters. The SMILES string of the molecule is CC(CNC1CCN(C(C)C)CC1)C1CC1. The van der Waals surface area contributed by atoms with Gasteiger partial charge in [0.2, 0.25) is 0 Å². The number of likely N-dealkylation sites (tertiary alicyclic amines) is 1. The molecule has 0 aromatic rings. The smallest absolute Gasteiger partial charge is 0.00915 e. The van der Waals surface area contributed by atoms with E-state index < -0.39 is 0 Å². The number of hydrogen-bond acceptors (Lipinski definition) is 2. The normalized spacial score (nSPS) is 26.2. The molecule has 2 rings (SSSR count). The molecule has 0 bridgehead atoms. The second-order valence-corrected chi connectivity index (χ2v) is 6.13. The number of nitrogens with one attached hydrogen (secondary N) is 1. The molecule has 1 aliphatic heterocycles. The van der Waals surface area contributed by atoms with Crippen LogP contribution in [0.1, 0.15) is 46.5 Å². The zero-order valence-electron chi connectivity index (χ0n) is 11.2. The standard InChI is InChI=1S/C14H28N2/c1-11(2)16-8-6-14(7-9-16)15-10-12(3)13-4-5-13/h11-15H,4-10H2,1-3H3. The van der Waals surface area contributed by atoms with Crippen molar-refractivity contribution in [3.63, 3.8) is 0 Å². The van der Waals surface area contributed by atoms with Gasteiger partial charge in [-0.2, -0.15) is 0 Å². The van der Waals surface area contributed by atoms with Gasteiger partial charge in [0.15, 0.2) is 0 Å². The van der Waals surface area contributed by atoms with E-state index in [1.165, 1.54) is 45.3 Å². The summed E-state index contributed by atoms with van der Waals surface area (Å²) in [5, 5.41) is 3.78. The average Bonchev–Trinajstić information content (AvgIpc) is 3.10. The topological polar surface area (TPSA) is 15.3 Å². The molecule has 1 N–H and O–H groups in total. The van der Waals surface area contributed by atoms with E-state index in [0.29, 0.717) is 0 Å². The molecule has 94 valence electrons. The van der Waals surface area contributed by atoms with E-state index >= 15 is 0 Å². The maximum absolute atomic E-state index is 3.78. The molecule has 1 aliphatic carbocycles. The lowest BCUT2D eigenvalue weighted by Gasteiger charge is -2.35. The van der Waals surface area contributed by atoms with Crippen molar-refractivity contribution in [1.82, 2.24) is 10.2 Å². The first-order chi connectivity index (χ1) is 7.66. The quantitative estimate of drug-likeness (QED) is 0.772. The van der Waals surface area contributed by atoms with Crippen molar-refractivity contribution in [2.45, 2.75) is 58.5 Å². The van der Waals surface area contributed by atoms with Crippen LogP contribution in [-0.4, -0.2) is 36.6 Å². The van der Waals surface area contributed by atoms with E-state index in [0.717, 1.165) is 23.9 Å². The molecule has 0 amide bonds. The maximum atomic E-state index is 3.78. The summed E-state index contributed by atoms with van der Waals surface area (Å²) in [6.45, 7) is 10.8. The van der Waals surface area contributed by atoms with Gasteiger partial charge < -0.3 is 10.2 Å². The minimum absolute atomic E-state index is 0.728. The third kappa shape index (κ3) is 3.46. The summed E-state index contributed by atoms with van der Waals surface area (Å²) in [4.78, 5) is 2.60. The minimum atomic E-state index is 0.728. The lowest BCUT2D eigenvalue weighted by atomic mass is 10.0. The van der Waals surface area contributed by atoms with Crippen LogP contribution in [0.2, 0.25) is 0 Å². The van der Waals surface area contributed by atoms with Crippen molar-refractivity contribution in [3.05, 3.63) is 0 Å². The predicted molar refractivity (Wildman–Crippen MR) is 69.6 cm³/mol. The Morgan fingerprint density at radius 2 is 1.69 bits per heavy atom. The second-order valence-electron chi connectivity index (χ2n) is 6.13. The Morgan fingerprint density at radius 3 is 2.19 bits per heavy atom. The highest BCUT2D eigenvalue weighted by atomic mass is 15.2. The first kappa shape index (κ1) is 12.4. The Kier molecular flexibility index (Phi) is 4.26. The van der Waals surface area contributed by atoms with Crippen molar-refractivity contribution < 1.29 is 0 Å². The Balaban J connectivity index is 1.61. The van der Waals surface area contributed by atoms with Crippen molar-refractivity contribution in [2.24, 2.45) is 11.8 Å². The Hall–Kier alpha value is -0.0800. The fourth-order valence-corrected chi connectivity index (χ4v) is 2.80. The molecule has 0 aromatic carbocycles. The zero-order chi connectivity index (χ0) is 11.5. The van der Waals surface area contributed by atoms with Crippen LogP contribution in [0.3, 0.4) is 0 Å². The highest BCUT2D eigenvalue weighted by Crippen LogP contribution is 2.36. The Labute approximate surface area is 101 Å². The third-order valence-electron chi connectivity index (χ3n) is 4.42. The summed E-state index contributed by atoms with van der Waals surface area (Å²) in [6.07, 6.45) is 5.65. The Bertz CT molecular complexity index is 203. The van der Waals surface area contributed by atoms with Crippen LogP contribution in [0.4, 0.5) is 0 Å². The van der Waals surface area contributed by atoms with Crippen LogP contribution in [0.5, 0.6) is 0 Å². The summed E-state index contributed by atoms with van der Waals surface area (Å²) in [5.74, 6) is 1.95. The number of rotatable bonds is 5. The number of piperidine rings is 1. The molecule has 1 saturated heterocycles. The molecule has 16 heavy (non-hydrogen) atoms. The van der Waals surface area contributed by atoms with Crippen LogP contribution in [0.15, 0.2) is 0 Å². The summed E-state index contributed by atoms with van der Waals surface area (Å²) >= 11 is 0. The average molecular weight is 224 g/mol. The highest BCUT2D eigenvalue weighted by Gasteiger charge is 2.28. The summed E-state index contributed by atoms with van der Waals surface area (Å²) < 4.78 is 0. The lowest BCUT2D eigenvalue weighted by Crippen LogP contribution is -2.45. The van der Waals surface area contributed by atoms with E-state index in [-0.39, 0.29) is 0 Å². The van der Waals surface area contributed by atoms with Gasteiger partial charge >= 0.3 is 0 Å². The molecule has 2 fully saturated rings. The van der Waals surface area contributed by atoms with Crippen LogP contribution in [0, 0.1) is 11.8 Å². The maximum Gasteiger partial charge on any atom is 0.00915 e. The largest absolute Gasteiger partial charge is 0.314 e. The van der Waals surface area contributed by atoms with E-state index in [4.69, 9.17) is 0 Å². The molecule has 0 spiro atoms. The van der Waals surface area contributed by atoms with Gasteiger partial charge in [0, 0.05) is 12.1 Å². The van der Waals surface area contributed by atoms with Gasteiger partial charge in [0.05, 0.1) is 0 Å². The van der Waals surface area contributed by atoms with Gasteiger partial charge in [-0.25, -0.2) is 0 Å². The van der Waals surface area contributed by atoms with Crippen molar-refractivity contribution in [3.8, 4) is 0 Å². The molecule has 2 aliphatic rings. The summed E-state index contributed by atoms with van der Waals surface area (Å²) in [6, 6.07) is 1.52. The molecule has 0 aromatic heterocycles. The molecule has 1 saturated carbocycles. The molecule has 2 nitrogen and oxygen atoms in total. The van der Waals surface area contributed by atoms with Crippen molar-refractivity contribution in [1.29, 1.82) is 0 Å². The van der Waals surface area contributed by atoms with E-state index in [2.05, 4.69) is 31.0 Å². The van der Waals surface area contributed by atoms with Gasteiger partial charge in [0.1, 0.15) is 0 Å². The molecular weight excluding hydrogens is 196 g/mol. The molecule has 0 radical (unpaired) electrons. The second kappa shape index (κ2) is 5.50. The highest BCUT2D eigenvalue weighted by molar-refractivity contribution is 4.83. The number of hydrogen-bond donors (Lipinski definition) is 1. The molecule has 1 unspecified atom stereocenters. The van der Waals surface area contributed by atoms with Gasteiger partial charge in [-0.3, -0.25) is 0 Å². The van der Waals surface area contributed by atoms with Crippen LogP contribution in [-0.2, 0) is 0 Å². The van der Waals surface area contributed by atoms with Crippen LogP contribution >= 0.6 is 0 Å². The summed E-state index contributed by atoms with van der Waals surface area (Å²) in [5.41, 5.74) is 0. The van der Waals surface area contributed by atoms with Crippen molar-refractivity contribution >= 4 is 0 Å². The lowest BCUT2D eigenvalue weighted by molar-refractivity contribution is 0.159. The first-order valence-electron chi connectivity index (χ1n) is 7.14. The minimum Gasteiger partial charge on any atom is -0.314 e. The van der Waals surface area contributed by atoms with Gasteiger partial charge in [-0.1, -0.05) is 6.92 Å². The molecule has 2 heteroatoms. The molecule has 1 heterocycles. The number of nitrogens with zero attached hydrogens (tertiary/aromatic N) is 1. The summed E-state index contributed by atoms with van der Waals surface area (Å²) in [7, 11) is 0. The van der Waals surface area contributed by atoms with Crippen molar-refractivity contribution in [2.75, 3.05) is 19.6 Å². The predicted octanol–water partition coefficient (Wildman–Crippen LogP) is 2.49. The fraction of sp³-hybridized carbons (Fsp3) is 1.00. The first-order valence-corrected chi connectivity index (χ1v) is 7.14. The van der Waals surface area contributed by atoms with Gasteiger partial charge in [-0.05, 0) is 71.0 Å². The van der Waals surface area contributed by atoms with Crippen LogP contribution < -0.4 is 5.32 Å². The van der Waals surface area contributed by atoms with Gasteiger partial charge in [0.25, 0.3) is 0 Å². The molecular formula is C14H28N2. The third-order valence-corrected chi connectivity index (χ3v) is 4.42. The fourth-order valence-electron chi connectivity index (χ4n) is 2.80. The van der Waals surface area contributed by atoms with E-state index in [9.17, 15) is 0 Å². The van der Waals surface area contributed by atoms with Gasteiger partial charge in [-0.15, -0.1) is 0 Å². The van der Waals surface area contributed by atoms with E-state index in [1.54, 1.807) is 0 Å². The van der Waals surface area contributed by atoms with Crippen LogP contribution in [0.25, 0.3) is 0 Å². The Morgan fingerprint density at radius 1 is 1.06 bits per heavy atom. The monoisotopic (exact) mass is 224 g/mol.